The Labute approximate surface area is 223 Å². The predicted molar refractivity (Wildman–Crippen MR) is 138 cm³/mol. The van der Waals surface area contributed by atoms with Crippen molar-refractivity contribution in [1.82, 2.24) is 20.5 Å². The van der Waals surface area contributed by atoms with Crippen LogP contribution < -0.4 is 20.9 Å². The Bertz CT molecular complexity index is 1220. The third-order valence-electron chi connectivity index (χ3n) is 6.77. The summed E-state index contributed by atoms with van der Waals surface area (Å²) in [7, 11) is 5.60. The van der Waals surface area contributed by atoms with Gasteiger partial charge in [-0.2, -0.15) is 26.3 Å². The molecule has 0 fully saturated rings. The summed E-state index contributed by atoms with van der Waals surface area (Å²) in [6, 6.07) is 6.93. The minimum absolute atomic E-state index is 0.133. The fourth-order valence-corrected chi connectivity index (χ4v) is 4.65. The van der Waals surface area contributed by atoms with E-state index in [-0.39, 0.29) is 18.9 Å². The van der Waals surface area contributed by atoms with E-state index in [1.165, 1.54) is 24.4 Å². The van der Waals surface area contributed by atoms with Gasteiger partial charge in [0.1, 0.15) is 11.7 Å². The molecule has 7 nitrogen and oxygen atoms in total. The lowest BCUT2D eigenvalue weighted by molar-refractivity contribution is -0.138. The van der Waals surface area contributed by atoms with Gasteiger partial charge >= 0.3 is 12.4 Å². The molecule has 0 saturated heterocycles. The van der Waals surface area contributed by atoms with Crippen LogP contribution in [0.25, 0.3) is 0 Å². The molecule has 1 aromatic heterocycles. The van der Waals surface area contributed by atoms with Gasteiger partial charge in [-0.05, 0) is 64.0 Å². The zero-order valence-electron chi connectivity index (χ0n) is 21.8. The average Bonchev–Trinajstić information content (AvgIpc) is 3.09. The second-order valence-electron chi connectivity index (χ2n) is 9.77. The highest BCUT2D eigenvalue weighted by molar-refractivity contribution is 6.09. The van der Waals surface area contributed by atoms with Gasteiger partial charge in [-0.3, -0.25) is 5.32 Å². The van der Waals surface area contributed by atoms with E-state index in [2.05, 4.69) is 20.9 Å². The molecule has 4 rings (SSSR count). The molecule has 0 amide bonds. The van der Waals surface area contributed by atoms with Crippen molar-refractivity contribution < 1.29 is 26.3 Å². The fourth-order valence-electron chi connectivity index (χ4n) is 4.65. The Morgan fingerprint density at radius 2 is 1.69 bits per heavy atom. The van der Waals surface area contributed by atoms with Crippen LogP contribution in [0, 0.1) is 0 Å². The molecule has 1 unspecified atom stereocenters. The van der Waals surface area contributed by atoms with Crippen molar-refractivity contribution in [1.29, 1.82) is 0 Å². The van der Waals surface area contributed by atoms with Gasteiger partial charge in [0.05, 0.1) is 11.1 Å². The van der Waals surface area contributed by atoms with Gasteiger partial charge in [-0.25, -0.2) is 9.98 Å². The van der Waals surface area contributed by atoms with Crippen LogP contribution in [0.5, 0.6) is 0 Å². The fraction of sp³-hybridized carbons (Fsp3) is 0.462. The molecule has 2 aromatic rings. The molecule has 3 heterocycles. The molecule has 2 aliphatic rings. The molecule has 2 aliphatic heterocycles. The molecule has 3 N–H and O–H groups in total. The number of nitrogens with one attached hydrogen (secondary N) is 3. The van der Waals surface area contributed by atoms with Gasteiger partial charge in [0.2, 0.25) is 0 Å². The minimum atomic E-state index is -4.55. The molecule has 0 aliphatic carbocycles. The topological polar surface area (TPSA) is 67.8 Å². The number of rotatable bonds is 6. The number of hydrogen-bond acceptors (Lipinski definition) is 7. The monoisotopic (exact) mass is 555 g/mol. The predicted octanol–water partition coefficient (Wildman–Crippen LogP) is 4.91. The Balaban J connectivity index is 1.66. The highest BCUT2D eigenvalue weighted by Gasteiger charge is 2.39. The van der Waals surface area contributed by atoms with Gasteiger partial charge in [0, 0.05) is 55.6 Å². The lowest BCUT2D eigenvalue weighted by Gasteiger charge is -2.38. The van der Waals surface area contributed by atoms with E-state index in [4.69, 9.17) is 4.99 Å². The van der Waals surface area contributed by atoms with Crippen molar-refractivity contribution in [3.63, 3.8) is 0 Å². The summed E-state index contributed by atoms with van der Waals surface area (Å²) in [5, 5.41) is 9.86. The molecule has 0 bridgehead atoms. The molecule has 0 radical (unpaired) electrons. The van der Waals surface area contributed by atoms with Crippen LogP contribution in [0.2, 0.25) is 0 Å². The van der Waals surface area contributed by atoms with Gasteiger partial charge < -0.3 is 20.4 Å². The second-order valence-corrected chi connectivity index (χ2v) is 9.77. The summed E-state index contributed by atoms with van der Waals surface area (Å²) in [6.07, 6.45) is -6.38. The van der Waals surface area contributed by atoms with E-state index in [0.717, 1.165) is 29.5 Å². The number of nitrogens with zero attached hydrogens (tertiary/aromatic N) is 4. The van der Waals surface area contributed by atoms with E-state index >= 15 is 0 Å². The highest BCUT2D eigenvalue weighted by Crippen LogP contribution is 2.37. The van der Waals surface area contributed by atoms with Crippen LogP contribution in [0.4, 0.5) is 37.8 Å². The maximum atomic E-state index is 13.7. The maximum absolute atomic E-state index is 13.7. The smallest absolute Gasteiger partial charge is 0.355 e. The van der Waals surface area contributed by atoms with Gasteiger partial charge in [-0.1, -0.05) is 0 Å². The number of aliphatic imine (C=N–C) groups is 1. The van der Waals surface area contributed by atoms with Crippen molar-refractivity contribution in [2.45, 2.75) is 37.4 Å². The standard InChI is InChI=1S/C26H31F6N7/c1-33-24(12-16-38(2)3)36-21-11-15-39(23-20(26(30,31)32)5-4-13-34-23)14-10-19(21)22(37-24)35-18-8-6-17(7-9-18)25(27,28)29/h4-9,13,33,36H,10-12,14-16H2,1-3H3,(H,35,37). The minimum Gasteiger partial charge on any atom is -0.355 e. The third-order valence-corrected chi connectivity index (χ3v) is 6.77. The Morgan fingerprint density at radius 3 is 2.31 bits per heavy atom. The Hall–Kier alpha value is -3.32. The van der Waals surface area contributed by atoms with E-state index in [1.807, 2.05) is 19.0 Å². The van der Waals surface area contributed by atoms with Crippen molar-refractivity contribution >= 4 is 17.3 Å². The number of anilines is 2. The number of hydrogen-bond donors (Lipinski definition) is 3. The van der Waals surface area contributed by atoms with E-state index in [9.17, 15) is 26.3 Å². The lowest BCUT2D eigenvalue weighted by atomic mass is 10.0. The van der Waals surface area contributed by atoms with E-state index in [1.54, 1.807) is 11.9 Å². The second kappa shape index (κ2) is 11.0. The van der Waals surface area contributed by atoms with Crippen LogP contribution >= 0.6 is 0 Å². The number of aromatic nitrogens is 1. The molecule has 39 heavy (non-hydrogen) atoms. The average molecular weight is 556 g/mol. The molecule has 13 heteroatoms. The molecule has 212 valence electrons. The zero-order chi connectivity index (χ0) is 28.4. The van der Waals surface area contributed by atoms with Gasteiger partial charge in [0.15, 0.2) is 5.79 Å². The number of benzene rings is 1. The summed E-state index contributed by atoms with van der Waals surface area (Å²) >= 11 is 0. The number of alkyl halides is 6. The van der Waals surface area contributed by atoms with Crippen LogP contribution in [-0.2, 0) is 12.4 Å². The Morgan fingerprint density at radius 1 is 1.00 bits per heavy atom. The summed E-state index contributed by atoms with van der Waals surface area (Å²) in [5.41, 5.74) is 0.414. The summed E-state index contributed by atoms with van der Waals surface area (Å²) < 4.78 is 80.3. The first-order valence-corrected chi connectivity index (χ1v) is 12.5. The first-order valence-electron chi connectivity index (χ1n) is 12.5. The molecule has 1 aromatic carbocycles. The van der Waals surface area contributed by atoms with E-state index < -0.39 is 29.3 Å². The first kappa shape index (κ1) is 28.7. The SMILES string of the molecule is CNC1(CCN(C)C)N=C(Nc2ccc(C(F)(F)F)cc2)C2=C(CCN(c3ncccc3C(F)(F)F)CC2)N1. The highest BCUT2D eigenvalue weighted by atomic mass is 19.4. The number of halogens is 6. The summed E-state index contributed by atoms with van der Waals surface area (Å²) in [5.74, 6) is -0.601. The summed E-state index contributed by atoms with van der Waals surface area (Å²) in [4.78, 5) is 12.6. The van der Waals surface area contributed by atoms with Crippen molar-refractivity contribution in [2.24, 2.45) is 4.99 Å². The van der Waals surface area contributed by atoms with Crippen molar-refractivity contribution in [3.8, 4) is 0 Å². The Kier molecular flexibility index (Phi) is 8.12. The molecule has 0 spiro atoms. The molecule has 1 atom stereocenters. The zero-order valence-corrected chi connectivity index (χ0v) is 21.8. The quantitative estimate of drug-likeness (QED) is 0.441. The van der Waals surface area contributed by atoms with Crippen LogP contribution in [0.15, 0.2) is 58.9 Å². The first-order chi connectivity index (χ1) is 18.3. The van der Waals surface area contributed by atoms with E-state index in [0.29, 0.717) is 37.3 Å². The number of amidine groups is 1. The van der Waals surface area contributed by atoms with Gasteiger partial charge in [-0.15, -0.1) is 0 Å². The van der Waals surface area contributed by atoms with Crippen LogP contribution in [0.1, 0.15) is 30.4 Å². The lowest BCUT2D eigenvalue weighted by Crippen LogP contribution is -2.58. The molecule has 0 saturated carbocycles. The van der Waals surface area contributed by atoms with Crippen molar-refractivity contribution in [2.75, 3.05) is 51.0 Å². The molecular formula is C26H31F6N7. The number of pyridine rings is 1. The molecular weight excluding hydrogens is 524 g/mol. The maximum Gasteiger partial charge on any atom is 0.419 e. The van der Waals surface area contributed by atoms with Crippen LogP contribution in [-0.4, -0.2) is 62.3 Å². The van der Waals surface area contributed by atoms with Crippen molar-refractivity contribution in [3.05, 3.63) is 65.0 Å². The normalized spacial score (nSPS) is 20.4. The largest absolute Gasteiger partial charge is 0.419 e. The summed E-state index contributed by atoms with van der Waals surface area (Å²) in [6.45, 7) is 1.20. The third kappa shape index (κ3) is 6.64. The van der Waals surface area contributed by atoms with Gasteiger partial charge in [0.25, 0.3) is 0 Å². The van der Waals surface area contributed by atoms with Crippen LogP contribution in [0.3, 0.4) is 0 Å².